The van der Waals surface area contributed by atoms with Gasteiger partial charge in [0.25, 0.3) is 0 Å². The molecule has 9 heavy (non-hydrogen) atoms. The van der Waals surface area contributed by atoms with Crippen molar-refractivity contribution in [1.82, 2.24) is 5.12 Å². The molecule has 2 atom stereocenters. The van der Waals surface area contributed by atoms with Crippen LogP contribution in [0.5, 0.6) is 0 Å². The number of rotatable bonds is 1. The summed E-state index contributed by atoms with van der Waals surface area (Å²) < 4.78 is 12.5. The predicted molar refractivity (Wildman–Crippen MR) is 32.5 cm³/mol. The van der Waals surface area contributed by atoms with Crippen LogP contribution in [-0.2, 0) is 0 Å². The molecule has 0 aromatic heterocycles. The zero-order valence-corrected chi connectivity index (χ0v) is 5.55. The third kappa shape index (κ3) is 1.40. The zero-order chi connectivity index (χ0) is 6.85. The van der Waals surface area contributed by atoms with Crippen LogP contribution in [0, 0.1) is 0 Å². The van der Waals surface area contributed by atoms with Crippen LogP contribution in [0.25, 0.3) is 0 Å². The smallest absolute Gasteiger partial charge is 0.0693 e. The molecule has 0 saturated carbocycles. The van der Waals surface area contributed by atoms with Gasteiger partial charge >= 0.3 is 0 Å². The van der Waals surface area contributed by atoms with E-state index in [-0.39, 0.29) is 6.04 Å². The quantitative estimate of drug-likeness (QED) is 0.533. The molecule has 0 aromatic rings. The zero-order valence-electron chi connectivity index (χ0n) is 5.55. The molecule has 1 rings (SSSR count). The van der Waals surface area contributed by atoms with Gasteiger partial charge in [0.15, 0.2) is 0 Å². The Morgan fingerprint density at radius 3 is 2.67 bits per heavy atom. The summed E-state index contributed by atoms with van der Waals surface area (Å²) in [6.07, 6.45) is 1.12. The molecule has 1 aliphatic rings. The lowest BCUT2D eigenvalue weighted by Gasteiger charge is -2.16. The van der Waals surface area contributed by atoms with Gasteiger partial charge in [0, 0.05) is 6.54 Å². The lowest BCUT2D eigenvalue weighted by molar-refractivity contribution is -0.0384. The van der Waals surface area contributed by atoms with E-state index in [0.717, 1.165) is 18.0 Å². The van der Waals surface area contributed by atoms with Crippen molar-refractivity contribution < 1.29 is 9.59 Å². The average Bonchev–Trinajstić information content (AvgIpc) is 2.13. The largest absolute Gasteiger partial charge is 0.392 e. The molecule has 1 N–H and O–H groups in total. The number of hydrogen-bond acceptors (Lipinski definition) is 2. The first-order valence-electron chi connectivity index (χ1n) is 3.32. The van der Waals surface area contributed by atoms with Crippen molar-refractivity contribution in [2.24, 2.45) is 0 Å². The molecule has 54 valence electrons. The molecule has 0 amide bonds. The maximum absolute atomic E-state index is 12.5. The molecule has 1 fully saturated rings. The SMILES string of the molecule is CC(O)C1CCCN1F. The summed E-state index contributed by atoms with van der Waals surface area (Å²) in [4.78, 5) is 0. The second-order valence-electron chi connectivity index (χ2n) is 2.57. The molecule has 2 unspecified atom stereocenters. The molecule has 1 heterocycles. The van der Waals surface area contributed by atoms with E-state index in [9.17, 15) is 4.48 Å². The van der Waals surface area contributed by atoms with E-state index in [2.05, 4.69) is 0 Å². The Morgan fingerprint density at radius 1 is 1.78 bits per heavy atom. The van der Waals surface area contributed by atoms with Gasteiger partial charge in [-0.3, -0.25) is 0 Å². The van der Waals surface area contributed by atoms with Crippen LogP contribution in [0.4, 0.5) is 4.48 Å². The monoisotopic (exact) mass is 133 g/mol. The summed E-state index contributed by atoms with van der Waals surface area (Å²) in [5.41, 5.74) is 0. The second-order valence-corrected chi connectivity index (χ2v) is 2.57. The van der Waals surface area contributed by atoms with E-state index in [1.807, 2.05) is 0 Å². The van der Waals surface area contributed by atoms with Crippen LogP contribution >= 0.6 is 0 Å². The molecule has 0 radical (unpaired) electrons. The summed E-state index contributed by atoms with van der Waals surface area (Å²) >= 11 is 0. The topological polar surface area (TPSA) is 23.5 Å². The first-order chi connectivity index (χ1) is 4.22. The van der Waals surface area contributed by atoms with E-state index in [4.69, 9.17) is 5.11 Å². The Labute approximate surface area is 54.2 Å². The van der Waals surface area contributed by atoms with Crippen LogP contribution in [0.2, 0.25) is 0 Å². The highest BCUT2D eigenvalue weighted by atomic mass is 19.2. The standard InChI is InChI=1S/C6H12FNO/c1-5(9)6-3-2-4-8(6)7/h5-6,9H,2-4H2,1H3. The third-order valence-corrected chi connectivity index (χ3v) is 1.79. The number of hydrogen-bond donors (Lipinski definition) is 1. The maximum Gasteiger partial charge on any atom is 0.0693 e. The van der Waals surface area contributed by atoms with Crippen LogP contribution in [0.1, 0.15) is 19.8 Å². The molecule has 2 nitrogen and oxygen atoms in total. The second kappa shape index (κ2) is 2.62. The van der Waals surface area contributed by atoms with E-state index in [1.54, 1.807) is 6.92 Å². The van der Waals surface area contributed by atoms with Gasteiger partial charge in [-0.15, -0.1) is 9.60 Å². The summed E-state index contributed by atoms with van der Waals surface area (Å²) in [7, 11) is 0. The first kappa shape index (κ1) is 6.96. The molecule has 0 spiro atoms. The highest BCUT2D eigenvalue weighted by Gasteiger charge is 2.27. The first-order valence-corrected chi connectivity index (χ1v) is 3.32. The van der Waals surface area contributed by atoms with Crippen LogP contribution in [0.15, 0.2) is 0 Å². The number of nitrogens with zero attached hydrogens (tertiary/aromatic N) is 1. The van der Waals surface area contributed by atoms with E-state index in [1.165, 1.54) is 0 Å². The van der Waals surface area contributed by atoms with Crippen molar-refractivity contribution in [2.45, 2.75) is 31.9 Å². The molecule has 0 aliphatic carbocycles. The van der Waals surface area contributed by atoms with Crippen LogP contribution in [-0.4, -0.2) is 28.9 Å². The van der Waals surface area contributed by atoms with Crippen molar-refractivity contribution in [1.29, 1.82) is 0 Å². The van der Waals surface area contributed by atoms with Gasteiger partial charge in [0.2, 0.25) is 0 Å². The molecular weight excluding hydrogens is 121 g/mol. The summed E-state index contributed by atoms with van der Waals surface area (Å²) in [5.74, 6) is 0. The van der Waals surface area contributed by atoms with Gasteiger partial charge < -0.3 is 5.11 Å². The highest BCUT2D eigenvalue weighted by molar-refractivity contribution is 4.77. The van der Waals surface area contributed by atoms with Gasteiger partial charge in [0.05, 0.1) is 12.1 Å². The Balaban J connectivity index is 2.40. The Hall–Kier alpha value is -0.150. The van der Waals surface area contributed by atoms with Crippen molar-refractivity contribution in [3.05, 3.63) is 0 Å². The fraction of sp³-hybridized carbons (Fsp3) is 1.00. The Morgan fingerprint density at radius 2 is 2.44 bits per heavy atom. The lowest BCUT2D eigenvalue weighted by Crippen LogP contribution is -2.31. The highest BCUT2D eigenvalue weighted by Crippen LogP contribution is 2.19. The minimum Gasteiger partial charge on any atom is -0.392 e. The minimum atomic E-state index is -0.530. The summed E-state index contributed by atoms with van der Waals surface area (Å²) in [6.45, 7) is 2.11. The van der Waals surface area contributed by atoms with Gasteiger partial charge in [-0.2, -0.15) is 0 Å². The summed E-state index contributed by atoms with van der Waals surface area (Å²) in [6, 6.07) is -0.245. The van der Waals surface area contributed by atoms with E-state index in [0.29, 0.717) is 6.54 Å². The molecule has 1 saturated heterocycles. The third-order valence-electron chi connectivity index (χ3n) is 1.79. The van der Waals surface area contributed by atoms with Crippen LogP contribution in [0.3, 0.4) is 0 Å². The molecule has 3 heteroatoms. The Kier molecular flexibility index (Phi) is 2.03. The predicted octanol–water partition coefficient (Wildman–Crippen LogP) is 0.716. The normalized spacial score (nSPS) is 33.0. The van der Waals surface area contributed by atoms with Crippen molar-refractivity contribution in [3.8, 4) is 0 Å². The fourth-order valence-corrected chi connectivity index (χ4v) is 1.23. The molecular formula is C6H12FNO. The van der Waals surface area contributed by atoms with Crippen molar-refractivity contribution >= 4 is 0 Å². The maximum atomic E-state index is 12.5. The minimum absolute atomic E-state index is 0.245. The van der Waals surface area contributed by atoms with Gasteiger partial charge in [-0.05, 0) is 19.8 Å². The summed E-state index contributed by atoms with van der Waals surface area (Å²) in [5, 5.41) is 9.67. The van der Waals surface area contributed by atoms with E-state index >= 15 is 0 Å². The number of halogens is 1. The molecule has 0 aromatic carbocycles. The average molecular weight is 133 g/mol. The Bertz CT molecular complexity index is 97.1. The van der Waals surface area contributed by atoms with Gasteiger partial charge in [-0.1, -0.05) is 0 Å². The van der Waals surface area contributed by atoms with Gasteiger partial charge in [-0.25, -0.2) is 0 Å². The molecule has 0 bridgehead atoms. The van der Waals surface area contributed by atoms with Gasteiger partial charge in [0.1, 0.15) is 0 Å². The van der Waals surface area contributed by atoms with Crippen molar-refractivity contribution in [3.63, 3.8) is 0 Å². The molecule has 1 aliphatic heterocycles. The number of aliphatic hydroxyl groups excluding tert-OH is 1. The van der Waals surface area contributed by atoms with E-state index < -0.39 is 6.10 Å². The van der Waals surface area contributed by atoms with Crippen molar-refractivity contribution in [2.75, 3.05) is 6.54 Å². The van der Waals surface area contributed by atoms with Crippen LogP contribution < -0.4 is 0 Å². The lowest BCUT2D eigenvalue weighted by atomic mass is 10.1. The fourth-order valence-electron chi connectivity index (χ4n) is 1.23. The number of aliphatic hydroxyl groups is 1.